The molecule has 0 fully saturated rings. The average Bonchev–Trinajstić information content (AvgIpc) is 2.41. The fourth-order valence-corrected chi connectivity index (χ4v) is 2.12. The SMILES string of the molecule is CCC(CC)(NCC(C)(O)c1ccccc1)C(=O)O. The van der Waals surface area contributed by atoms with Crippen LogP contribution in [0.4, 0.5) is 0 Å². The topological polar surface area (TPSA) is 69.6 Å². The minimum Gasteiger partial charge on any atom is -0.480 e. The standard InChI is InChI=1S/C15H23NO3/c1-4-15(5-2,13(17)18)16-11-14(3,19)12-9-7-6-8-10-12/h6-10,16,19H,4-5,11H2,1-3H3,(H,17,18). The summed E-state index contributed by atoms with van der Waals surface area (Å²) < 4.78 is 0. The van der Waals surface area contributed by atoms with Gasteiger partial charge in [0.2, 0.25) is 0 Å². The van der Waals surface area contributed by atoms with Gasteiger partial charge in [-0.1, -0.05) is 44.2 Å². The van der Waals surface area contributed by atoms with E-state index in [1.807, 2.05) is 44.2 Å². The van der Waals surface area contributed by atoms with Crippen LogP contribution in [0, 0.1) is 0 Å². The quantitative estimate of drug-likeness (QED) is 0.706. The average molecular weight is 265 g/mol. The van der Waals surface area contributed by atoms with Gasteiger partial charge in [-0.15, -0.1) is 0 Å². The van der Waals surface area contributed by atoms with Crippen LogP contribution >= 0.6 is 0 Å². The lowest BCUT2D eigenvalue weighted by atomic mass is 9.90. The normalized spacial score (nSPS) is 14.9. The number of rotatable bonds is 7. The van der Waals surface area contributed by atoms with Crippen molar-refractivity contribution in [3.63, 3.8) is 0 Å². The lowest BCUT2D eigenvalue weighted by molar-refractivity contribution is -0.145. The van der Waals surface area contributed by atoms with E-state index in [1.54, 1.807) is 6.92 Å². The van der Waals surface area contributed by atoms with Gasteiger partial charge in [0.25, 0.3) is 0 Å². The number of aliphatic carboxylic acids is 1. The summed E-state index contributed by atoms with van der Waals surface area (Å²) in [6.07, 6.45) is 0.952. The van der Waals surface area contributed by atoms with E-state index in [0.29, 0.717) is 12.8 Å². The largest absolute Gasteiger partial charge is 0.480 e. The van der Waals surface area contributed by atoms with Crippen molar-refractivity contribution in [1.29, 1.82) is 0 Å². The lowest BCUT2D eigenvalue weighted by Gasteiger charge is -2.33. The van der Waals surface area contributed by atoms with Crippen LogP contribution in [-0.2, 0) is 10.4 Å². The molecule has 0 aliphatic carbocycles. The lowest BCUT2D eigenvalue weighted by Crippen LogP contribution is -2.54. The second kappa shape index (κ2) is 6.17. The summed E-state index contributed by atoms with van der Waals surface area (Å²) in [6.45, 7) is 5.56. The predicted molar refractivity (Wildman–Crippen MR) is 75.0 cm³/mol. The van der Waals surface area contributed by atoms with E-state index in [1.165, 1.54) is 0 Å². The summed E-state index contributed by atoms with van der Waals surface area (Å²) in [5, 5.41) is 22.8. The van der Waals surface area contributed by atoms with Gasteiger partial charge in [-0.3, -0.25) is 10.1 Å². The minimum atomic E-state index is -1.09. The van der Waals surface area contributed by atoms with Crippen molar-refractivity contribution in [2.45, 2.75) is 44.8 Å². The molecule has 1 unspecified atom stereocenters. The van der Waals surface area contributed by atoms with E-state index in [-0.39, 0.29) is 6.54 Å². The fourth-order valence-electron chi connectivity index (χ4n) is 2.12. The van der Waals surface area contributed by atoms with Gasteiger partial charge in [0.1, 0.15) is 5.54 Å². The molecule has 0 amide bonds. The molecule has 1 aromatic carbocycles. The molecule has 0 bridgehead atoms. The van der Waals surface area contributed by atoms with E-state index in [2.05, 4.69) is 5.32 Å². The van der Waals surface area contributed by atoms with Crippen LogP contribution in [-0.4, -0.2) is 28.3 Å². The van der Waals surface area contributed by atoms with Crippen molar-refractivity contribution < 1.29 is 15.0 Å². The van der Waals surface area contributed by atoms with Crippen LogP contribution in [0.2, 0.25) is 0 Å². The number of carboxylic acids is 1. The molecule has 0 heterocycles. The van der Waals surface area contributed by atoms with Gasteiger partial charge >= 0.3 is 5.97 Å². The summed E-state index contributed by atoms with van der Waals surface area (Å²) in [7, 11) is 0. The summed E-state index contributed by atoms with van der Waals surface area (Å²) in [5.74, 6) is -0.874. The molecule has 0 aliphatic rings. The molecule has 0 spiro atoms. The Balaban J connectivity index is 2.82. The molecule has 19 heavy (non-hydrogen) atoms. The maximum atomic E-state index is 11.4. The number of benzene rings is 1. The van der Waals surface area contributed by atoms with E-state index < -0.39 is 17.1 Å². The summed E-state index contributed by atoms with van der Waals surface area (Å²) >= 11 is 0. The van der Waals surface area contributed by atoms with Crippen molar-refractivity contribution in [2.75, 3.05) is 6.54 Å². The highest BCUT2D eigenvalue weighted by molar-refractivity contribution is 5.78. The van der Waals surface area contributed by atoms with Crippen molar-refractivity contribution >= 4 is 5.97 Å². The van der Waals surface area contributed by atoms with E-state index in [9.17, 15) is 15.0 Å². The van der Waals surface area contributed by atoms with Crippen molar-refractivity contribution in [2.24, 2.45) is 0 Å². The first-order valence-electron chi connectivity index (χ1n) is 6.64. The Morgan fingerprint density at radius 1 is 1.21 bits per heavy atom. The molecule has 1 aromatic rings. The molecule has 1 rings (SSSR count). The smallest absolute Gasteiger partial charge is 0.323 e. The molecule has 3 N–H and O–H groups in total. The van der Waals surface area contributed by atoms with Crippen LogP contribution in [0.15, 0.2) is 30.3 Å². The van der Waals surface area contributed by atoms with Crippen LogP contribution in [0.3, 0.4) is 0 Å². The zero-order valence-electron chi connectivity index (χ0n) is 11.8. The molecule has 106 valence electrons. The molecule has 1 atom stereocenters. The predicted octanol–water partition coefficient (Wildman–Crippen LogP) is 2.13. The third kappa shape index (κ3) is 3.55. The second-order valence-corrected chi connectivity index (χ2v) is 5.09. The molecule has 0 saturated heterocycles. The number of β-amino-alcohol motifs (C(OH)–C–C–N with tert-alkyl or cyclic N) is 1. The second-order valence-electron chi connectivity index (χ2n) is 5.09. The maximum Gasteiger partial charge on any atom is 0.323 e. The Bertz CT molecular complexity index is 411. The molecule has 0 aliphatic heterocycles. The third-order valence-electron chi connectivity index (χ3n) is 3.78. The number of carbonyl (C=O) groups is 1. The van der Waals surface area contributed by atoms with Gasteiger partial charge in [-0.2, -0.15) is 0 Å². The number of nitrogens with one attached hydrogen (secondary N) is 1. The van der Waals surface area contributed by atoms with Crippen LogP contribution in [0.25, 0.3) is 0 Å². The zero-order valence-corrected chi connectivity index (χ0v) is 11.8. The van der Waals surface area contributed by atoms with Crippen LogP contribution < -0.4 is 5.32 Å². The van der Waals surface area contributed by atoms with Gasteiger partial charge in [-0.25, -0.2) is 0 Å². The highest BCUT2D eigenvalue weighted by Crippen LogP contribution is 2.22. The van der Waals surface area contributed by atoms with E-state index in [0.717, 1.165) is 5.56 Å². The Morgan fingerprint density at radius 3 is 2.16 bits per heavy atom. The first-order chi connectivity index (χ1) is 8.88. The summed E-state index contributed by atoms with van der Waals surface area (Å²) in [5.41, 5.74) is -1.29. The highest BCUT2D eigenvalue weighted by Gasteiger charge is 2.36. The van der Waals surface area contributed by atoms with Gasteiger partial charge in [0.05, 0.1) is 5.60 Å². The number of carboxylic acid groups (broad SMARTS) is 1. The van der Waals surface area contributed by atoms with Gasteiger partial charge in [0, 0.05) is 6.54 Å². The molecular formula is C15H23NO3. The molecule has 4 heteroatoms. The molecule has 0 aromatic heterocycles. The van der Waals surface area contributed by atoms with Crippen LogP contribution in [0.1, 0.15) is 39.2 Å². The monoisotopic (exact) mass is 265 g/mol. The first-order valence-corrected chi connectivity index (χ1v) is 6.64. The highest BCUT2D eigenvalue weighted by atomic mass is 16.4. The van der Waals surface area contributed by atoms with Gasteiger partial charge < -0.3 is 10.2 Å². The van der Waals surface area contributed by atoms with E-state index >= 15 is 0 Å². The fraction of sp³-hybridized carbons (Fsp3) is 0.533. The Kier molecular flexibility index (Phi) is 5.09. The van der Waals surface area contributed by atoms with Crippen molar-refractivity contribution in [3.8, 4) is 0 Å². The zero-order chi connectivity index (χ0) is 14.5. The van der Waals surface area contributed by atoms with Gasteiger partial charge in [0.15, 0.2) is 0 Å². The van der Waals surface area contributed by atoms with Gasteiger partial charge in [-0.05, 0) is 25.3 Å². The van der Waals surface area contributed by atoms with E-state index in [4.69, 9.17) is 0 Å². The van der Waals surface area contributed by atoms with Crippen molar-refractivity contribution in [1.82, 2.24) is 5.32 Å². The first kappa shape index (κ1) is 15.7. The Hall–Kier alpha value is -1.39. The minimum absolute atomic E-state index is 0.199. The van der Waals surface area contributed by atoms with Crippen molar-refractivity contribution in [3.05, 3.63) is 35.9 Å². The maximum absolute atomic E-state index is 11.4. The molecule has 0 radical (unpaired) electrons. The number of hydrogen-bond acceptors (Lipinski definition) is 3. The molecular weight excluding hydrogens is 242 g/mol. The van der Waals surface area contributed by atoms with Crippen LogP contribution in [0.5, 0.6) is 0 Å². The molecule has 0 saturated carbocycles. The number of hydrogen-bond donors (Lipinski definition) is 3. The molecule has 4 nitrogen and oxygen atoms in total. The Labute approximate surface area is 114 Å². The third-order valence-corrected chi connectivity index (χ3v) is 3.78. The Morgan fingerprint density at radius 2 is 1.74 bits per heavy atom. The number of aliphatic hydroxyl groups is 1. The summed E-state index contributed by atoms with van der Waals surface area (Å²) in [6, 6.07) is 9.26. The summed E-state index contributed by atoms with van der Waals surface area (Å²) in [4.78, 5) is 11.4.